The molecule has 0 fully saturated rings. The second-order valence-corrected chi connectivity index (χ2v) is 3.47. The van der Waals surface area contributed by atoms with E-state index in [-0.39, 0.29) is 11.7 Å². The molecular weight excluding hydrogens is 230 g/mol. The first kappa shape index (κ1) is 10.6. The third-order valence-corrected chi connectivity index (χ3v) is 2.24. The summed E-state index contributed by atoms with van der Waals surface area (Å²) in [6.45, 7) is 0. The lowest BCUT2D eigenvalue weighted by Crippen LogP contribution is -1.87. The number of hydrogen-bond donors (Lipinski definition) is 1. The largest absolute Gasteiger partial charge is 0.426 e. The molecule has 2 aromatic rings. The molecule has 0 unspecified atom stereocenters. The number of benzene rings is 1. The fraction of sp³-hybridized carbons (Fsp3) is 0. The van der Waals surface area contributed by atoms with Gasteiger partial charge in [-0.25, -0.2) is 0 Å². The van der Waals surface area contributed by atoms with E-state index in [0.717, 1.165) is 0 Å². The van der Waals surface area contributed by atoms with Gasteiger partial charge in [0.2, 0.25) is 0 Å². The number of nitrogens with two attached hydrogens (primary N) is 1. The molecule has 0 saturated heterocycles. The number of anilines is 1. The van der Waals surface area contributed by atoms with Crippen molar-refractivity contribution in [2.24, 2.45) is 0 Å². The van der Waals surface area contributed by atoms with Crippen LogP contribution in [-0.4, -0.2) is 6.29 Å². The quantitative estimate of drug-likeness (QED) is 0.658. The summed E-state index contributed by atoms with van der Waals surface area (Å²) in [6.07, 6.45) is 0.600. The van der Waals surface area contributed by atoms with Crippen LogP contribution in [0.2, 0.25) is 5.02 Å². The van der Waals surface area contributed by atoms with Crippen LogP contribution in [0.3, 0.4) is 0 Å². The lowest BCUT2D eigenvalue weighted by molar-refractivity contribution is 0.109. The van der Waals surface area contributed by atoms with Gasteiger partial charge in [0.15, 0.2) is 12.0 Å². The molecule has 82 valence electrons. The Morgan fingerprint density at radius 2 is 2.12 bits per heavy atom. The van der Waals surface area contributed by atoms with Crippen molar-refractivity contribution >= 4 is 23.6 Å². The van der Waals surface area contributed by atoms with Crippen LogP contribution >= 0.6 is 11.6 Å². The number of ether oxygens (including phenoxy) is 1. The zero-order valence-electron chi connectivity index (χ0n) is 8.14. The highest BCUT2D eigenvalue weighted by atomic mass is 35.5. The third kappa shape index (κ3) is 2.17. The van der Waals surface area contributed by atoms with Crippen molar-refractivity contribution in [3.63, 3.8) is 0 Å². The van der Waals surface area contributed by atoms with Gasteiger partial charge in [-0.15, -0.1) is 0 Å². The van der Waals surface area contributed by atoms with Crippen molar-refractivity contribution in [3.05, 3.63) is 41.1 Å². The predicted molar refractivity (Wildman–Crippen MR) is 60.0 cm³/mol. The van der Waals surface area contributed by atoms with Crippen molar-refractivity contribution < 1.29 is 13.9 Å². The van der Waals surface area contributed by atoms with E-state index < -0.39 is 0 Å². The lowest BCUT2D eigenvalue weighted by Gasteiger charge is -2.03. The van der Waals surface area contributed by atoms with Gasteiger partial charge in [-0.2, -0.15) is 0 Å². The van der Waals surface area contributed by atoms with E-state index in [4.69, 9.17) is 26.5 Å². The van der Waals surface area contributed by atoms with Crippen LogP contribution in [-0.2, 0) is 0 Å². The van der Waals surface area contributed by atoms with Gasteiger partial charge in [-0.05, 0) is 18.2 Å². The molecule has 0 amide bonds. The summed E-state index contributed by atoms with van der Waals surface area (Å²) in [5, 5.41) is 0.402. The zero-order valence-corrected chi connectivity index (χ0v) is 8.90. The van der Waals surface area contributed by atoms with Gasteiger partial charge < -0.3 is 14.9 Å². The molecule has 0 atom stereocenters. The minimum Gasteiger partial charge on any atom is -0.426 e. The summed E-state index contributed by atoms with van der Waals surface area (Å²) >= 11 is 5.82. The van der Waals surface area contributed by atoms with Crippen molar-refractivity contribution in [2.75, 3.05) is 5.73 Å². The number of furan rings is 1. The number of aldehydes is 1. The molecule has 4 nitrogen and oxygen atoms in total. The van der Waals surface area contributed by atoms with Crippen molar-refractivity contribution in [3.8, 4) is 11.7 Å². The minimum atomic E-state index is 0.205. The van der Waals surface area contributed by atoms with Crippen LogP contribution in [0.15, 0.2) is 34.7 Å². The number of halogens is 1. The SMILES string of the molecule is Nc1ccc(Oc2ccc(C=O)o2)cc1Cl. The number of nitrogen functional groups attached to an aromatic ring is 1. The van der Waals surface area contributed by atoms with Gasteiger partial charge in [-0.3, -0.25) is 4.79 Å². The Balaban J connectivity index is 2.20. The maximum atomic E-state index is 10.4. The summed E-state index contributed by atoms with van der Waals surface area (Å²) in [4.78, 5) is 10.4. The molecule has 1 heterocycles. The summed E-state index contributed by atoms with van der Waals surface area (Å²) in [5.74, 6) is 0.922. The Kier molecular flexibility index (Phi) is 2.83. The standard InChI is InChI=1S/C11H8ClNO3/c12-9-5-7(1-3-10(9)13)15-11-4-2-8(6-14)16-11/h1-6H,13H2. The van der Waals surface area contributed by atoms with Crippen LogP contribution in [0.25, 0.3) is 0 Å². The van der Waals surface area contributed by atoms with Gasteiger partial charge in [0, 0.05) is 12.1 Å². The Labute approximate surface area is 96.6 Å². The molecule has 0 radical (unpaired) electrons. The zero-order chi connectivity index (χ0) is 11.5. The highest BCUT2D eigenvalue weighted by Crippen LogP contribution is 2.28. The van der Waals surface area contributed by atoms with E-state index in [1.54, 1.807) is 24.3 Å². The molecule has 16 heavy (non-hydrogen) atoms. The van der Waals surface area contributed by atoms with E-state index in [0.29, 0.717) is 22.7 Å². The van der Waals surface area contributed by atoms with Gasteiger partial charge in [0.05, 0.1) is 10.7 Å². The monoisotopic (exact) mass is 237 g/mol. The van der Waals surface area contributed by atoms with Crippen molar-refractivity contribution in [1.82, 2.24) is 0 Å². The first-order chi connectivity index (χ1) is 7.69. The summed E-state index contributed by atoms with van der Waals surface area (Å²) in [7, 11) is 0. The summed E-state index contributed by atoms with van der Waals surface area (Å²) in [5.41, 5.74) is 6.02. The second kappa shape index (κ2) is 4.28. The fourth-order valence-corrected chi connectivity index (χ4v) is 1.31. The first-order valence-electron chi connectivity index (χ1n) is 4.47. The first-order valence-corrected chi connectivity index (χ1v) is 4.85. The Morgan fingerprint density at radius 3 is 2.75 bits per heavy atom. The Hall–Kier alpha value is -1.94. The van der Waals surface area contributed by atoms with Crippen LogP contribution in [0, 0.1) is 0 Å². The minimum absolute atomic E-state index is 0.205. The normalized spacial score (nSPS) is 10.1. The Morgan fingerprint density at radius 1 is 1.31 bits per heavy atom. The fourth-order valence-electron chi connectivity index (χ4n) is 1.14. The van der Waals surface area contributed by atoms with E-state index in [1.807, 2.05) is 0 Å². The summed E-state index contributed by atoms with van der Waals surface area (Å²) < 4.78 is 10.4. The lowest BCUT2D eigenvalue weighted by atomic mass is 10.3. The molecule has 1 aromatic carbocycles. The van der Waals surface area contributed by atoms with Crippen LogP contribution in [0.5, 0.6) is 11.7 Å². The highest BCUT2D eigenvalue weighted by molar-refractivity contribution is 6.33. The Bertz CT molecular complexity index is 522. The molecule has 1 aromatic heterocycles. The van der Waals surface area contributed by atoms with E-state index in [2.05, 4.69) is 0 Å². The van der Waals surface area contributed by atoms with Gasteiger partial charge in [0.1, 0.15) is 5.75 Å². The highest BCUT2D eigenvalue weighted by Gasteiger charge is 2.05. The third-order valence-electron chi connectivity index (χ3n) is 1.91. The molecule has 0 saturated carbocycles. The van der Waals surface area contributed by atoms with Crippen LogP contribution in [0.1, 0.15) is 10.6 Å². The number of carbonyl (C=O) groups is 1. The maximum Gasteiger partial charge on any atom is 0.290 e. The van der Waals surface area contributed by atoms with Crippen LogP contribution < -0.4 is 10.5 Å². The molecule has 5 heteroatoms. The molecule has 0 aliphatic heterocycles. The molecule has 0 aliphatic rings. The van der Waals surface area contributed by atoms with Gasteiger partial charge >= 0.3 is 0 Å². The number of carbonyl (C=O) groups excluding carboxylic acids is 1. The average Bonchev–Trinajstić information content (AvgIpc) is 2.71. The summed E-state index contributed by atoms with van der Waals surface area (Å²) in [6, 6.07) is 7.92. The molecule has 2 N–H and O–H groups in total. The van der Waals surface area contributed by atoms with E-state index in [1.165, 1.54) is 6.07 Å². The number of hydrogen-bond acceptors (Lipinski definition) is 4. The topological polar surface area (TPSA) is 65.5 Å². The average molecular weight is 238 g/mol. The van der Waals surface area contributed by atoms with Crippen molar-refractivity contribution in [2.45, 2.75) is 0 Å². The molecule has 2 rings (SSSR count). The molecular formula is C11H8ClNO3. The smallest absolute Gasteiger partial charge is 0.290 e. The second-order valence-electron chi connectivity index (χ2n) is 3.06. The molecule has 0 spiro atoms. The van der Waals surface area contributed by atoms with Crippen molar-refractivity contribution in [1.29, 1.82) is 0 Å². The predicted octanol–water partition coefficient (Wildman–Crippen LogP) is 3.12. The van der Waals surface area contributed by atoms with Crippen LogP contribution in [0.4, 0.5) is 5.69 Å². The molecule has 0 bridgehead atoms. The van der Waals surface area contributed by atoms with Gasteiger partial charge in [-0.1, -0.05) is 11.6 Å². The maximum absolute atomic E-state index is 10.4. The van der Waals surface area contributed by atoms with Gasteiger partial charge in [0.25, 0.3) is 5.95 Å². The van der Waals surface area contributed by atoms with E-state index >= 15 is 0 Å². The molecule has 0 aliphatic carbocycles. The number of rotatable bonds is 3. The van der Waals surface area contributed by atoms with E-state index in [9.17, 15) is 4.79 Å².